The topological polar surface area (TPSA) is 170 Å². The molecule has 0 saturated heterocycles. The molecule has 0 spiro atoms. The molecular formula is C58H66N6O7S. The lowest BCUT2D eigenvalue weighted by Crippen LogP contribution is -2.49. The molecule has 2 aliphatic heterocycles. The fourth-order valence-corrected chi connectivity index (χ4v) is 9.96. The molecule has 4 atom stereocenters. The van der Waals surface area contributed by atoms with Gasteiger partial charge in [0.25, 0.3) is 11.8 Å². The number of hydrogen-bond donors (Lipinski definition) is 3. The average molecular weight is 991 g/mol. The molecule has 6 aromatic carbocycles. The number of fused-ring (bicyclic) bond motifs is 2. The summed E-state index contributed by atoms with van der Waals surface area (Å²) < 4.78 is 30.2. The first kappa shape index (κ1) is 54.2. The van der Waals surface area contributed by atoms with Crippen LogP contribution in [0.4, 0.5) is 11.4 Å². The second-order valence-electron chi connectivity index (χ2n) is 17.9. The van der Waals surface area contributed by atoms with Crippen molar-refractivity contribution in [2.75, 3.05) is 23.9 Å². The van der Waals surface area contributed by atoms with Gasteiger partial charge in [0, 0.05) is 36.3 Å². The Kier molecular flexibility index (Phi) is 18.7. The zero-order valence-corrected chi connectivity index (χ0v) is 40.3. The summed E-state index contributed by atoms with van der Waals surface area (Å²) in [6.45, 7) is 1.85. The van der Waals surface area contributed by atoms with Crippen LogP contribution in [0.15, 0.2) is 179 Å². The summed E-state index contributed by atoms with van der Waals surface area (Å²) in [6, 6.07) is 50.4. The number of amides is 3. The van der Waals surface area contributed by atoms with Gasteiger partial charge >= 0.3 is 10.1 Å². The number of hydrogen-bond acceptors (Lipinski definition) is 10. The highest BCUT2D eigenvalue weighted by atomic mass is 32.2. The number of hydroxylamine groups is 1. The van der Waals surface area contributed by atoms with Gasteiger partial charge in [-0.05, 0) is 61.9 Å². The van der Waals surface area contributed by atoms with Crippen LogP contribution in [0, 0.1) is 18.8 Å². The number of rotatable bonds is 14. The summed E-state index contributed by atoms with van der Waals surface area (Å²) in [6.07, 6.45) is 3.11. The standard InChI is InChI=1S/C33H37N3O3.C23H21N3O4S.2CH4/c1-36-28-19-11-10-18-26(28)30(25-16-6-3-7-17-25)34-31(33(36)39)35-32(38)27(22-24-14-8-9-15-24)29(37)21-20-23-12-4-2-5-13-23;1-16-12-14-18(15-13-16)31(28,29)30-25-22-23(27)26(2)20-11-7-6-10-19(20)21(24-22)17-8-4-3-5-9-17;;/h2-7,10-13,16-19,24,27,29,31,37H,8-9,14-15,20-22H2,1H3,(H,35,38);3-15,22,25H,1-2H3;2*1H4/t27-,29+,31?;;;/m1.../s1. The quantitative estimate of drug-likeness (QED) is 0.0907. The van der Waals surface area contributed by atoms with Crippen molar-refractivity contribution in [2.24, 2.45) is 21.8 Å². The van der Waals surface area contributed by atoms with Gasteiger partial charge < -0.3 is 20.2 Å². The summed E-state index contributed by atoms with van der Waals surface area (Å²) in [5, 5.41) is 14.2. The number of aryl methyl sites for hydroxylation is 2. The van der Waals surface area contributed by atoms with Crippen LogP contribution >= 0.6 is 0 Å². The van der Waals surface area contributed by atoms with Crippen LogP contribution in [0.1, 0.15) is 86.8 Å². The lowest BCUT2D eigenvalue weighted by atomic mass is 9.86. The highest BCUT2D eigenvalue weighted by Crippen LogP contribution is 2.34. The van der Waals surface area contributed by atoms with Crippen molar-refractivity contribution in [1.29, 1.82) is 0 Å². The predicted octanol–water partition coefficient (Wildman–Crippen LogP) is 9.45. The SMILES string of the molecule is C.C.CN1C(=O)C(NC(=O)[C@H](CC2CCCC2)[C@@H](O)CCc2ccccc2)N=C(c2ccccc2)c2ccccc21.Cc1ccc(S(=O)(=O)ONC2N=C(c3ccccc3)c3ccccc3N(C)C2=O)cc1. The van der Waals surface area contributed by atoms with Crippen LogP contribution in [0.3, 0.4) is 0 Å². The summed E-state index contributed by atoms with van der Waals surface area (Å²) in [4.78, 5) is 52.9. The van der Waals surface area contributed by atoms with Gasteiger partial charge in [-0.2, -0.15) is 12.7 Å². The smallest absolute Gasteiger partial charge is 0.312 e. The van der Waals surface area contributed by atoms with Crippen LogP contribution in [-0.4, -0.2) is 75.2 Å². The van der Waals surface area contributed by atoms with Gasteiger partial charge in [0.1, 0.15) is 0 Å². The lowest BCUT2D eigenvalue weighted by Gasteiger charge is -2.27. The number of aliphatic imine (C=N–C) groups is 2. The van der Waals surface area contributed by atoms with Crippen LogP contribution < -0.4 is 20.6 Å². The molecule has 1 aliphatic carbocycles. The van der Waals surface area contributed by atoms with Crippen LogP contribution in [0.25, 0.3) is 0 Å². The Bertz CT molecular complexity index is 2950. The molecule has 2 heterocycles. The molecular weight excluding hydrogens is 925 g/mol. The van der Waals surface area contributed by atoms with E-state index in [4.69, 9.17) is 9.28 Å². The monoisotopic (exact) mass is 990 g/mol. The van der Waals surface area contributed by atoms with E-state index in [9.17, 15) is 27.9 Å². The highest BCUT2D eigenvalue weighted by Gasteiger charge is 2.36. The van der Waals surface area contributed by atoms with Crippen molar-refractivity contribution < 1.29 is 32.2 Å². The van der Waals surface area contributed by atoms with Gasteiger partial charge in [-0.15, -0.1) is 5.48 Å². The average Bonchev–Trinajstić information content (AvgIpc) is 3.86. The number of benzodiazepines with no additional fused rings is 2. The van der Waals surface area contributed by atoms with Crippen LogP contribution in [-0.2, 0) is 35.2 Å². The third-order valence-corrected chi connectivity index (χ3v) is 14.2. The molecule has 13 nitrogen and oxygen atoms in total. The first-order valence-corrected chi connectivity index (χ1v) is 25.1. The third-order valence-electron chi connectivity index (χ3n) is 13.1. The van der Waals surface area contributed by atoms with E-state index in [0.29, 0.717) is 42.3 Å². The largest absolute Gasteiger partial charge is 0.392 e. The molecule has 6 aromatic rings. The van der Waals surface area contributed by atoms with Crippen molar-refractivity contribution in [2.45, 2.75) is 90.1 Å². The summed E-state index contributed by atoms with van der Waals surface area (Å²) in [5.74, 6) is -1.25. The molecule has 3 amide bonds. The molecule has 3 aliphatic rings. The van der Waals surface area contributed by atoms with Crippen molar-refractivity contribution in [3.8, 4) is 0 Å². The molecule has 1 saturated carbocycles. The van der Waals surface area contributed by atoms with Gasteiger partial charge in [-0.3, -0.25) is 19.4 Å². The molecule has 0 bridgehead atoms. The maximum Gasteiger partial charge on any atom is 0.312 e. The summed E-state index contributed by atoms with van der Waals surface area (Å²) >= 11 is 0. The molecule has 1 fully saturated rings. The number of para-hydroxylation sites is 2. The maximum absolute atomic E-state index is 13.8. The van der Waals surface area contributed by atoms with Gasteiger partial charge in [0.2, 0.25) is 18.2 Å². The first-order chi connectivity index (χ1) is 33.9. The number of nitrogens with zero attached hydrogens (tertiary/aromatic N) is 4. The van der Waals surface area contributed by atoms with E-state index < -0.39 is 40.4 Å². The zero-order valence-electron chi connectivity index (χ0n) is 39.5. The van der Waals surface area contributed by atoms with Gasteiger partial charge in [-0.1, -0.05) is 186 Å². The third kappa shape index (κ3) is 12.9. The maximum atomic E-state index is 13.8. The Hall–Kier alpha value is -7.10. The minimum Gasteiger partial charge on any atom is -0.392 e. The fraction of sp³-hybridized carbons (Fsp3) is 0.293. The second-order valence-corrected chi connectivity index (χ2v) is 19.4. The molecule has 14 heteroatoms. The van der Waals surface area contributed by atoms with Crippen molar-refractivity contribution in [3.05, 3.63) is 197 Å². The molecule has 376 valence electrons. The van der Waals surface area contributed by atoms with E-state index in [-0.39, 0.29) is 31.6 Å². The number of benzene rings is 6. The van der Waals surface area contributed by atoms with E-state index in [2.05, 4.69) is 15.8 Å². The van der Waals surface area contributed by atoms with E-state index in [1.165, 1.54) is 17.0 Å². The normalized spacial score (nSPS) is 17.4. The molecule has 0 aromatic heterocycles. The Labute approximate surface area is 424 Å². The van der Waals surface area contributed by atoms with E-state index in [1.807, 2.05) is 146 Å². The molecule has 2 unspecified atom stereocenters. The van der Waals surface area contributed by atoms with Crippen molar-refractivity contribution >= 4 is 50.6 Å². The number of nitrogens with one attached hydrogen (secondary N) is 2. The lowest BCUT2D eigenvalue weighted by molar-refractivity contribution is -0.133. The number of anilines is 2. The summed E-state index contributed by atoms with van der Waals surface area (Å²) in [7, 11) is -0.794. The number of aliphatic hydroxyl groups is 1. The van der Waals surface area contributed by atoms with Gasteiger partial charge in [0.15, 0.2) is 0 Å². The Balaban J connectivity index is 0.000000235. The minimum absolute atomic E-state index is 0. The Morgan fingerprint density at radius 2 is 1.12 bits per heavy atom. The molecule has 9 rings (SSSR count). The van der Waals surface area contributed by atoms with Gasteiger partial charge in [0.05, 0.1) is 39.7 Å². The molecule has 0 radical (unpaired) electrons. The molecule has 72 heavy (non-hydrogen) atoms. The number of aliphatic hydroxyl groups excluding tert-OH is 1. The minimum atomic E-state index is -4.13. The van der Waals surface area contributed by atoms with E-state index in [0.717, 1.165) is 64.8 Å². The van der Waals surface area contributed by atoms with Crippen LogP contribution in [0.2, 0.25) is 0 Å². The van der Waals surface area contributed by atoms with Crippen molar-refractivity contribution in [3.63, 3.8) is 0 Å². The first-order valence-electron chi connectivity index (χ1n) is 23.7. The van der Waals surface area contributed by atoms with Gasteiger partial charge in [-0.25, -0.2) is 4.99 Å². The number of carbonyl (C=O) groups is 3. The van der Waals surface area contributed by atoms with Crippen LogP contribution in [0.5, 0.6) is 0 Å². The van der Waals surface area contributed by atoms with Crippen molar-refractivity contribution in [1.82, 2.24) is 10.8 Å². The molecule has 3 N–H and O–H groups in total. The Morgan fingerprint density at radius 1 is 0.667 bits per heavy atom. The van der Waals surface area contributed by atoms with E-state index in [1.54, 1.807) is 31.1 Å². The Morgan fingerprint density at radius 3 is 1.65 bits per heavy atom. The zero-order chi connectivity index (χ0) is 49.2. The highest BCUT2D eigenvalue weighted by molar-refractivity contribution is 7.86. The summed E-state index contributed by atoms with van der Waals surface area (Å²) in [5.41, 5.74) is 10.3. The number of carbonyl (C=O) groups excluding carboxylic acids is 3. The number of likely N-dealkylation sites (N-methyl/N-ethyl adjacent to an activating group) is 2. The fourth-order valence-electron chi connectivity index (χ4n) is 9.18. The predicted molar refractivity (Wildman–Crippen MR) is 286 cm³/mol. The second kappa shape index (κ2) is 24.8. The van der Waals surface area contributed by atoms with E-state index >= 15 is 0 Å².